The van der Waals surface area contributed by atoms with Crippen LogP contribution in [0.1, 0.15) is 5.56 Å². The van der Waals surface area contributed by atoms with Gasteiger partial charge in [-0.05, 0) is 54.4 Å². The zero-order valence-electron chi connectivity index (χ0n) is 13.6. The molecule has 0 aliphatic carbocycles. The lowest BCUT2D eigenvalue weighted by molar-refractivity contribution is 0.475. The fourth-order valence-corrected chi connectivity index (χ4v) is 3.01. The molecule has 0 amide bonds. The maximum Gasteiger partial charge on any atom is 0.134 e. The summed E-state index contributed by atoms with van der Waals surface area (Å²) in [5.41, 5.74) is 11.4. The van der Waals surface area contributed by atoms with E-state index in [1.165, 1.54) is 6.33 Å². The van der Waals surface area contributed by atoms with E-state index in [-0.39, 0.29) is 5.75 Å². The lowest BCUT2D eigenvalue weighted by atomic mass is 9.97. The van der Waals surface area contributed by atoms with E-state index in [9.17, 15) is 5.11 Å². The standard InChI is InChI=1S/C20H16N4O/c1-12-7-14(9-15(25)8-12)19-16(3-2-6-22-19)13-4-5-18-17(10-13)20(21)24-11-23-18/h2-11,25H,1H3,(H2,21,23,24). The minimum atomic E-state index is 0.225. The predicted molar refractivity (Wildman–Crippen MR) is 99.0 cm³/mol. The molecule has 0 saturated heterocycles. The molecule has 25 heavy (non-hydrogen) atoms. The first-order valence-electron chi connectivity index (χ1n) is 7.88. The zero-order valence-corrected chi connectivity index (χ0v) is 13.6. The molecular formula is C20H16N4O. The molecule has 0 spiro atoms. The van der Waals surface area contributed by atoms with Gasteiger partial charge < -0.3 is 10.8 Å². The zero-order chi connectivity index (χ0) is 17.4. The lowest BCUT2D eigenvalue weighted by Gasteiger charge is -2.11. The molecule has 2 aromatic carbocycles. The predicted octanol–water partition coefficient (Wildman–Crippen LogP) is 3.96. The van der Waals surface area contributed by atoms with Crippen molar-refractivity contribution in [2.45, 2.75) is 6.92 Å². The SMILES string of the molecule is Cc1cc(O)cc(-c2ncccc2-c2ccc3ncnc(N)c3c2)c1. The van der Waals surface area contributed by atoms with Crippen molar-refractivity contribution in [3.63, 3.8) is 0 Å². The summed E-state index contributed by atoms with van der Waals surface area (Å²) >= 11 is 0. The lowest BCUT2D eigenvalue weighted by Crippen LogP contribution is -1.94. The van der Waals surface area contributed by atoms with Crippen LogP contribution in [0.3, 0.4) is 0 Å². The van der Waals surface area contributed by atoms with Gasteiger partial charge in [0.15, 0.2) is 0 Å². The average molecular weight is 328 g/mol. The fraction of sp³-hybridized carbons (Fsp3) is 0.0500. The van der Waals surface area contributed by atoms with Crippen LogP contribution in [0.4, 0.5) is 5.82 Å². The van der Waals surface area contributed by atoms with Crippen LogP contribution in [0.15, 0.2) is 61.1 Å². The van der Waals surface area contributed by atoms with Crippen LogP contribution in [0.25, 0.3) is 33.3 Å². The molecule has 0 aliphatic rings. The minimum Gasteiger partial charge on any atom is -0.508 e. The van der Waals surface area contributed by atoms with Crippen LogP contribution in [-0.4, -0.2) is 20.1 Å². The number of anilines is 1. The van der Waals surface area contributed by atoms with Gasteiger partial charge in [-0.3, -0.25) is 4.98 Å². The van der Waals surface area contributed by atoms with Crippen LogP contribution in [0.5, 0.6) is 5.75 Å². The van der Waals surface area contributed by atoms with Crippen LogP contribution >= 0.6 is 0 Å². The number of hydrogen-bond donors (Lipinski definition) is 2. The molecule has 0 fully saturated rings. The Labute approximate surface area is 144 Å². The highest BCUT2D eigenvalue weighted by Gasteiger charge is 2.11. The Morgan fingerprint density at radius 2 is 1.80 bits per heavy atom. The molecule has 0 aliphatic heterocycles. The number of phenols is 1. The number of nitrogen functional groups attached to an aromatic ring is 1. The quantitative estimate of drug-likeness (QED) is 0.582. The number of nitrogens with two attached hydrogens (primary N) is 1. The van der Waals surface area contributed by atoms with Crippen molar-refractivity contribution >= 4 is 16.7 Å². The summed E-state index contributed by atoms with van der Waals surface area (Å²) in [4.78, 5) is 12.8. The summed E-state index contributed by atoms with van der Waals surface area (Å²) in [6, 6.07) is 15.2. The molecule has 5 heteroatoms. The highest BCUT2D eigenvalue weighted by Crippen LogP contribution is 2.34. The second-order valence-electron chi connectivity index (χ2n) is 5.95. The van der Waals surface area contributed by atoms with E-state index in [1.807, 2.05) is 43.3 Å². The van der Waals surface area contributed by atoms with Crippen molar-refractivity contribution in [1.29, 1.82) is 0 Å². The van der Waals surface area contributed by atoms with Gasteiger partial charge >= 0.3 is 0 Å². The average Bonchev–Trinajstić information content (AvgIpc) is 2.61. The van der Waals surface area contributed by atoms with E-state index in [0.29, 0.717) is 5.82 Å². The normalized spacial score (nSPS) is 10.9. The van der Waals surface area contributed by atoms with Crippen molar-refractivity contribution in [3.05, 3.63) is 66.6 Å². The van der Waals surface area contributed by atoms with Crippen LogP contribution in [0, 0.1) is 6.92 Å². The number of rotatable bonds is 2. The topological polar surface area (TPSA) is 84.9 Å². The van der Waals surface area contributed by atoms with Crippen molar-refractivity contribution in [2.24, 2.45) is 0 Å². The van der Waals surface area contributed by atoms with Crippen molar-refractivity contribution < 1.29 is 5.11 Å². The molecule has 2 aromatic heterocycles. The van der Waals surface area contributed by atoms with Gasteiger partial charge in [0, 0.05) is 22.7 Å². The first-order chi connectivity index (χ1) is 12.1. The van der Waals surface area contributed by atoms with Crippen LogP contribution in [-0.2, 0) is 0 Å². The molecule has 0 saturated carbocycles. The second kappa shape index (κ2) is 5.87. The van der Waals surface area contributed by atoms with Gasteiger partial charge in [-0.15, -0.1) is 0 Å². The molecule has 2 heterocycles. The summed E-state index contributed by atoms with van der Waals surface area (Å²) in [6.45, 7) is 1.94. The largest absolute Gasteiger partial charge is 0.508 e. The van der Waals surface area contributed by atoms with Gasteiger partial charge in [-0.2, -0.15) is 0 Å². The Hall–Kier alpha value is -3.47. The van der Waals surface area contributed by atoms with Crippen molar-refractivity contribution in [2.75, 3.05) is 5.73 Å². The van der Waals surface area contributed by atoms with E-state index in [4.69, 9.17) is 5.73 Å². The monoisotopic (exact) mass is 328 g/mol. The first kappa shape index (κ1) is 15.1. The number of aromatic nitrogens is 3. The van der Waals surface area contributed by atoms with E-state index in [2.05, 4.69) is 15.0 Å². The van der Waals surface area contributed by atoms with Crippen LogP contribution in [0.2, 0.25) is 0 Å². The van der Waals surface area contributed by atoms with Gasteiger partial charge in [0.1, 0.15) is 17.9 Å². The Morgan fingerprint density at radius 1 is 0.920 bits per heavy atom. The van der Waals surface area contributed by atoms with Gasteiger partial charge in [0.25, 0.3) is 0 Å². The van der Waals surface area contributed by atoms with E-state index in [1.54, 1.807) is 18.3 Å². The number of benzene rings is 2. The molecule has 122 valence electrons. The molecule has 0 unspecified atom stereocenters. The minimum absolute atomic E-state index is 0.225. The Kier molecular flexibility index (Phi) is 3.54. The van der Waals surface area contributed by atoms with Crippen molar-refractivity contribution in [1.82, 2.24) is 15.0 Å². The molecule has 0 atom stereocenters. The molecule has 5 nitrogen and oxygen atoms in total. The van der Waals surface area contributed by atoms with Gasteiger partial charge in [0.05, 0.1) is 11.2 Å². The van der Waals surface area contributed by atoms with Gasteiger partial charge in [0.2, 0.25) is 0 Å². The highest BCUT2D eigenvalue weighted by atomic mass is 16.3. The maximum atomic E-state index is 9.93. The van der Waals surface area contributed by atoms with Crippen molar-refractivity contribution in [3.8, 4) is 28.1 Å². The third-order valence-electron chi connectivity index (χ3n) is 4.12. The molecular weight excluding hydrogens is 312 g/mol. The number of aromatic hydroxyl groups is 1. The molecule has 0 radical (unpaired) electrons. The third-order valence-corrected chi connectivity index (χ3v) is 4.12. The summed E-state index contributed by atoms with van der Waals surface area (Å²) in [5.74, 6) is 0.674. The summed E-state index contributed by atoms with van der Waals surface area (Å²) in [7, 11) is 0. The maximum absolute atomic E-state index is 9.93. The van der Waals surface area contributed by atoms with Gasteiger partial charge in [-0.1, -0.05) is 12.1 Å². The Balaban J connectivity index is 1.94. The van der Waals surface area contributed by atoms with Gasteiger partial charge in [-0.25, -0.2) is 9.97 Å². The first-order valence-corrected chi connectivity index (χ1v) is 7.88. The smallest absolute Gasteiger partial charge is 0.134 e. The number of pyridine rings is 1. The number of phenolic OH excluding ortho intramolecular Hbond substituents is 1. The number of hydrogen-bond acceptors (Lipinski definition) is 5. The summed E-state index contributed by atoms with van der Waals surface area (Å²) in [5, 5.41) is 10.7. The molecule has 4 aromatic rings. The Morgan fingerprint density at radius 3 is 2.64 bits per heavy atom. The van der Waals surface area contributed by atoms with E-state index >= 15 is 0 Å². The Bertz CT molecular complexity index is 1070. The molecule has 3 N–H and O–H groups in total. The summed E-state index contributed by atoms with van der Waals surface area (Å²) < 4.78 is 0. The number of nitrogens with zero attached hydrogens (tertiary/aromatic N) is 3. The third kappa shape index (κ3) is 2.76. The molecule has 0 bridgehead atoms. The van der Waals surface area contributed by atoms with E-state index in [0.717, 1.165) is 38.9 Å². The number of fused-ring (bicyclic) bond motifs is 1. The molecule has 4 rings (SSSR count). The fourth-order valence-electron chi connectivity index (χ4n) is 3.01. The summed E-state index contributed by atoms with van der Waals surface area (Å²) in [6.07, 6.45) is 3.21. The number of aryl methyl sites for hydroxylation is 1. The highest BCUT2D eigenvalue weighted by molar-refractivity contribution is 5.93. The van der Waals surface area contributed by atoms with E-state index < -0.39 is 0 Å². The van der Waals surface area contributed by atoms with Crippen LogP contribution < -0.4 is 5.73 Å². The second-order valence-corrected chi connectivity index (χ2v) is 5.95.